The lowest BCUT2D eigenvalue weighted by Gasteiger charge is -2.41. The van der Waals surface area contributed by atoms with E-state index in [1.807, 2.05) is 20.8 Å². The highest BCUT2D eigenvalue weighted by molar-refractivity contribution is 5.77. The van der Waals surface area contributed by atoms with Crippen molar-refractivity contribution in [2.24, 2.45) is 11.8 Å². The fourth-order valence-corrected chi connectivity index (χ4v) is 2.72. The van der Waals surface area contributed by atoms with Crippen LogP contribution in [0.4, 0.5) is 0 Å². The van der Waals surface area contributed by atoms with Crippen LogP contribution in [0.3, 0.4) is 0 Å². The number of ether oxygens (including phenoxy) is 1. The molecule has 1 aliphatic carbocycles. The highest BCUT2D eigenvalue weighted by Gasteiger charge is 2.45. The summed E-state index contributed by atoms with van der Waals surface area (Å²) in [7, 11) is 0. The molecule has 0 saturated heterocycles. The second-order valence-electron chi connectivity index (χ2n) is 6.60. The Morgan fingerprint density at radius 3 is 2.06 bits per heavy atom. The SMILES string of the molecule is CC(C)C1CCC(OC(C)(C)C)(C(=O)O)CC1. The van der Waals surface area contributed by atoms with Gasteiger partial charge in [-0.25, -0.2) is 4.79 Å². The molecule has 100 valence electrons. The summed E-state index contributed by atoms with van der Waals surface area (Å²) in [4.78, 5) is 11.5. The third-order valence-corrected chi connectivity index (χ3v) is 3.67. The van der Waals surface area contributed by atoms with Crippen LogP contribution in [-0.4, -0.2) is 22.3 Å². The number of hydrogen-bond acceptors (Lipinski definition) is 2. The molecule has 0 radical (unpaired) electrons. The predicted molar refractivity (Wildman–Crippen MR) is 68.0 cm³/mol. The number of aliphatic carboxylic acids is 1. The molecule has 0 unspecified atom stereocenters. The smallest absolute Gasteiger partial charge is 0.335 e. The monoisotopic (exact) mass is 242 g/mol. The van der Waals surface area contributed by atoms with Gasteiger partial charge in [-0.3, -0.25) is 0 Å². The van der Waals surface area contributed by atoms with Crippen molar-refractivity contribution in [3.8, 4) is 0 Å². The van der Waals surface area contributed by atoms with E-state index in [-0.39, 0.29) is 0 Å². The Balaban J connectivity index is 2.74. The normalized spacial score (nSPS) is 30.6. The van der Waals surface area contributed by atoms with Gasteiger partial charge < -0.3 is 9.84 Å². The van der Waals surface area contributed by atoms with E-state index in [9.17, 15) is 9.90 Å². The van der Waals surface area contributed by atoms with Crippen molar-refractivity contribution in [1.29, 1.82) is 0 Å². The second kappa shape index (κ2) is 4.97. The summed E-state index contributed by atoms with van der Waals surface area (Å²) in [6.45, 7) is 10.2. The van der Waals surface area contributed by atoms with Crippen LogP contribution in [0, 0.1) is 11.8 Å². The third-order valence-electron chi connectivity index (χ3n) is 3.67. The van der Waals surface area contributed by atoms with Crippen LogP contribution in [0.25, 0.3) is 0 Å². The maximum atomic E-state index is 11.5. The van der Waals surface area contributed by atoms with Crippen molar-refractivity contribution in [3.63, 3.8) is 0 Å². The summed E-state index contributed by atoms with van der Waals surface area (Å²) in [6.07, 6.45) is 3.20. The molecule has 0 aliphatic heterocycles. The molecule has 0 aromatic carbocycles. The van der Waals surface area contributed by atoms with Gasteiger partial charge in [0.05, 0.1) is 5.60 Å². The van der Waals surface area contributed by atoms with Crippen molar-refractivity contribution in [3.05, 3.63) is 0 Å². The summed E-state index contributed by atoms with van der Waals surface area (Å²) in [5.74, 6) is 0.483. The van der Waals surface area contributed by atoms with Gasteiger partial charge >= 0.3 is 5.97 Å². The van der Waals surface area contributed by atoms with E-state index in [0.29, 0.717) is 24.7 Å². The lowest BCUT2D eigenvalue weighted by molar-refractivity contribution is -0.194. The highest BCUT2D eigenvalue weighted by Crippen LogP contribution is 2.40. The molecular weight excluding hydrogens is 216 g/mol. The summed E-state index contributed by atoms with van der Waals surface area (Å²) >= 11 is 0. The molecule has 1 fully saturated rings. The first kappa shape index (κ1) is 14.5. The molecule has 1 saturated carbocycles. The van der Waals surface area contributed by atoms with Crippen LogP contribution in [0.5, 0.6) is 0 Å². The summed E-state index contributed by atoms with van der Waals surface area (Å²) in [5, 5.41) is 9.45. The van der Waals surface area contributed by atoms with Crippen LogP contribution >= 0.6 is 0 Å². The average molecular weight is 242 g/mol. The standard InChI is InChI=1S/C14H26O3/c1-10(2)11-6-8-14(9-7-11,12(15)16)17-13(3,4)5/h10-11H,6-9H2,1-5H3,(H,15,16). The third kappa shape index (κ3) is 3.70. The largest absolute Gasteiger partial charge is 0.479 e. The Hall–Kier alpha value is -0.570. The molecule has 1 aliphatic rings. The maximum Gasteiger partial charge on any atom is 0.335 e. The summed E-state index contributed by atoms with van der Waals surface area (Å²) in [6, 6.07) is 0. The zero-order chi connectivity index (χ0) is 13.3. The minimum Gasteiger partial charge on any atom is -0.479 e. The number of carbonyl (C=O) groups is 1. The highest BCUT2D eigenvalue weighted by atomic mass is 16.5. The minimum absolute atomic E-state index is 0.400. The molecule has 0 atom stereocenters. The topological polar surface area (TPSA) is 46.5 Å². The fourth-order valence-electron chi connectivity index (χ4n) is 2.72. The zero-order valence-electron chi connectivity index (χ0n) is 11.7. The Labute approximate surface area is 105 Å². The number of hydrogen-bond donors (Lipinski definition) is 1. The molecule has 0 bridgehead atoms. The van der Waals surface area contributed by atoms with E-state index in [1.54, 1.807) is 0 Å². The van der Waals surface area contributed by atoms with E-state index >= 15 is 0 Å². The molecule has 1 N–H and O–H groups in total. The van der Waals surface area contributed by atoms with Gasteiger partial charge in [-0.15, -0.1) is 0 Å². The molecule has 0 aromatic rings. The molecule has 0 aromatic heterocycles. The van der Waals surface area contributed by atoms with E-state index < -0.39 is 17.2 Å². The van der Waals surface area contributed by atoms with Gasteiger partial charge in [0.15, 0.2) is 5.60 Å². The molecule has 3 heteroatoms. The van der Waals surface area contributed by atoms with Gasteiger partial charge in [0.2, 0.25) is 0 Å². The predicted octanol–water partition coefficient (Wildman–Crippen LogP) is 3.47. The van der Waals surface area contributed by atoms with Crippen molar-refractivity contribution < 1.29 is 14.6 Å². The van der Waals surface area contributed by atoms with Crippen molar-refractivity contribution >= 4 is 5.97 Å². The van der Waals surface area contributed by atoms with E-state index in [2.05, 4.69) is 13.8 Å². The molecule has 17 heavy (non-hydrogen) atoms. The van der Waals surface area contributed by atoms with Crippen LogP contribution in [0.2, 0.25) is 0 Å². The first-order valence-corrected chi connectivity index (χ1v) is 6.60. The first-order chi connectivity index (χ1) is 7.66. The molecule has 3 nitrogen and oxygen atoms in total. The van der Waals surface area contributed by atoms with Gasteiger partial charge in [0.1, 0.15) is 0 Å². The van der Waals surface area contributed by atoms with Crippen LogP contribution in [0.15, 0.2) is 0 Å². The van der Waals surface area contributed by atoms with Crippen molar-refractivity contribution in [2.45, 2.75) is 71.5 Å². The Morgan fingerprint density at radius 2 is 1.76 bits per heavy atom. The fraction of sp³-hybridized carbons (Fsp3) is 0.929. The van der Waals surface area contributed by atoms with Crippen molar-refractivity contribution in [1.82, 2.24) is 0 Å². The molecule has 1 rings (SSSR count). The summed E-state index contributed by atoms with van der Waals surface area (Å²) < 4.78 is 5.86. The lowest BCUT2D eigenvalue weighted by Crippen LogP contribution is -2.49. The maximum absolute atomic E-state index is 11.5. The number of rotatable bonds is 3. The number of carboxylic acids is 1. The summed E-state index contributed by atoms with van der Waals surface area (Å²) in [5.41, 5.74) is -1.35. The quantitative estimate of drug-likeness (QED) is 0.824. The molecule has 0 heterocycles. The van der Waals surface area contributed by atoms with Gasteiger partial charge in [-0.2, -0.15) is 0 Å². The Kier molecular flexibility index (Phi) is 4.23. The number of carboxylic acid groups (broad SMARTS) is 1. The second-order valence-corrected chi connectivity index (χ2v) is 6.60. The average Bonchev–Trinajstić information content (AvgIpc) is 2.15. The first-order valence-electron chi connectivity index (χ1n) is 6.60. The Morgan fingerprint density at radius 1 is 1.29 bits per heavy atom. The molecule has 0 amide bonds. The van der Waals surface area contributed by atoms with E-state index in [1.165, 1.54) is 0 Å². The van der Waals surface area contributed by atoms with Crippen molar-refractivity contribution in [2.75, 3.05) is 0 Å². The minimum atomic E-state index is -0.955. The molecule has 0 spiro atoms. The van der Waals surface area contributed by atoms with Gasteiger partial charge in [0, 0.05) is 0 Å². The van der Waals surface area contributed by atoms with E-state index in [0.717, 1.165) is 12.8 Å². The van der Waals surface area contributed by atoms with Gasteiger partial charge in [0.25, 0.3) is 0 Å². The van der Waals surface area contributed by atoms with Gasteiger partial charge in [-0.1, -0.05) is 13.8 Å². The van der Waals surface area contributed by atoms with E-state index in [4.69, 9.17) is 4.74 Å². The van der Waals surface area contributed by atoms with Crippen LogP contribution in [0.1, 0.15) is 60.3 Å². The molecular formula is C14H26O3. The Bertz CT molecular complexity index is 268. The lowest BCUT2D eigenvalue weighted by atomic mass is 9.74. The van der Waals surface area contributed by atoms with Gasteiger partial charge in [-0.05, 0) is 58.3 Å². The van der Waals surface area contributed by atoms with Crippen LogP contribution in [-0.2, 0) is 9.53 Å². The zero-order valence-corrected chi connectivity index (χ0v) is 11.7. The van der Waals surface area contributed by atoms with Crippen LogP contribution < -0.4 is 0 Å².